The molecule has 0 aliphatic heterocycles. The van der Waals surface area contributed by atoms with E-state index in [9.17, 15) is 4.79 Å². The van der Waals surface area contributed by atoms with Gasteiger partial charge in [-0.1, -0.05) is 38.1 Å². The van der Waals surface area contributed by atoms with E-state index in [2.05, 4.69) is 20.5 Å². The molecule has 0 unspecified atom stereocenters. The quantitative estimate of drug-likeness (QED) is 0.571. The molecule has 0 bridgehead atoms. The summed E-state index contributed by atoms with van der Waals surface area (Å²) in [5.74, 6) is 0.448. The van der Waals surface area contributed by atoms with Crippen LogP contribution >= 0.6 is 0 Å². The number of aromatic amines is 1. The number of rotatable bonds is 4. The highest BCUT2D eigenvalue weighted by Crippen LogP contribution is 2.32. The maximum absolute atomic E-state index is 11.8. The Kier molecular flexibility index (Phi) is 4.01. The van der Waals surface area contributed by atoms with Crippen molar-refractivity contribution in [3.05, 3.63) is 54.7 Å². The van der Waals surface area contributed by atoms with Crippen molar-refractivity contribution in [2.75, 3.05) is 5.32 Å². The average molecular weight is 346 g/mol. The van der Waals surface area contributed by atoms with Crippen LogP contribution in [0.5, 0.6) is 0 Å². The fourth-order valence-electron chi connectivity index (χ4n) is 2.66. The largest absolute Gasteiger partial charge is 0.436 e. The molecule has 0 aliphatic rings. The summed E-state index contributed by atoms with van der Waals surface area (Å²) in [7, 11) is 0. The first-order valence-electron chi connectivity index (χ1n) is 8.43. The van der Waals surface area contributed by atoms with E-state index in [4.69, 9.17) is 4.42 Å². The number of hydrogen-bond donors (Lipinski definition) is 2. The molecule has 4 rings (SSSR count). The van der Waals surface area contributed by atoms with E-state index < -0.39 is 0 Å². The highest BCUT2D eigenvalue weighted by atomic mass is 16.3. The molecule has 0 spiro atoms. The third kappa shape index (κ3) is 2.97. The van der Waals surface area contributed by atoms with Crippen molar-refractivity contribution >= 4 is 22.7 Å². The van der Waals surface area contributed by atoms with Crippen molar-refractivity contribution in [3.8, 4) is 22.7 Å². The van der Waals surface area contributed by atoms with Crippen LogP contribution in [0.1, 0.15) is 13.8 Å². The van der Waals surface area contributed by atoms with Crippen LogP contribution in [0.25, 0.3) is 33.8 Å². The molecule has 2 aromatic carbocycles. The Hall–Kier alpha value is -3.41. The molecule has 0 saturated heterocycles. The first-order chi connectivity index (χ1) is 12.6. The van der Waals surface area contributed by atoms with Crippen LogP contribution in [0, 0.1) is 5.92 Å². The van der Waals surface area contributed by atoms with Gasteiger partial charge < -0.3 is 9.73 Å². The van der Waals surface area contributed by atoms with Crippen LogP contribution in [0.2, 0.25) is 0 Å². The minimum atomic E-state index is -0.0632. The second kappa shape index (κ2) is 6.48. The smallest absolute Gasteiger partial charge is 0.231 e. The topological polar surface area (TPSA) is 83.8 Å². The molecule has 0 fully saturated rings. The number of nitrogens with one attached hydrogen (secondary N) is 2. The number of nitrogens with zero attached hydrogens (tertiary/aromatic N) is 2. The van der Waals surface area contributed by atoms with Gasteiger partial charge in [0, 0.05) is 23.4 Å². The van der Waals surface area contributed by atoms with Crippen LogP contribution < -0.4 is 5.32 Å². The number of para-hydroxylation sites is 2. The fourth-order valence-corrected chi connectivity index (χ4v) is 2.66. The molecular weight excluding hydrogens is 328 g/mol. The summed E-state index contributed by atoms with van der Waals surface area (Å²) >= 11 is 0. The molecule has 0 saturated carbocycles. The van der Waals surface area contributed by atoms with Crippen molar-refractivity contribution in [1.82, 2.24) is 15.2 Å². The van der Waals surface area contributed by atoms with E-state index in [1.165, 1.54) is 0 Å². The maximum Gasteiger partial charge on any atom is 0.231 e. The Bertz CT molecular complexity index is 1030. The Balaban J connectivity index is 1.65. The lowest BCUT2D eigenvalue weighted by Crippen LogP contribution is -2.17. The van der Waals surface area contributed by atoms with Crippen molar-refractivity contribution in [3.63, 3.8) is 0 Å². The predicted octanol–water partition coefficient (Wildman–Crippen LogP) is 4.48. The van der Waals surface area contributed by atoms with Gasteiger partial charge in [-0.15, -0.1) is 0 Å². The number of H-pyrrole nitrogens is 1. The van der Waals surface area contributed by atoms with Gasteiger partial charge in [0.05, 0.1) is 5.56 Å². The normalized spacial score (nSPS) is 11.2. The zero-order valence-electron chi connectivity index (χ0n) is 14.5. The number of anilines is 1. The molecule has 1 amide bonds. The van der Waals surface area contributed by atoms with Gasteiger partial charge in [0.25, 0.3) is 0 Å². The summed E-state index contributed by atoms with van der Waals surface area (Å²) in [5.41, 5.74) is 4.75. The summed E-state index contributed by atoms with van der Waals surface area (Å²) in [6.45, 7) is 3.72. The van der Waals surface area contributed by atoms with Crippen molar-refractivity contribution in [2.45, 2.75) is 13.8 Å². The minimum Gasteiger partial charge on any atom is -0.436 e. The van der Waals surface area contributed by atoms with Gasteiger partial charge in [0.1, 0.15) is 11.2 Å². The standard InChI is InChI=1S/C20H18N4O2/c1-12(2)19(25)22-14-9-7-13(8-10-14)18-15(11-21-24-18)20-23-16-5-3-4-6-17(16)26-20/h3-12H,1-2H3,(H,21,24)(H,22,25). The highest BCUT2D eigenvalue weighted by molar-refractivity contribution is 5.92. The molecule has 26 heavy (non-hydrogen) atoms. The highest BCUT2D eigenvalue weighted by Gasteiger charge is 2.16. The number of carbonyl (C=O) groups excluding carboxylic acids is 1. The van der Waals surface area contributed by atoms with Gasteiger partial charge in [0.15, 0.2) is 5.58 Å². The number of amides is 1. The van der Waals surface area contributed by atoms with E-state index in [0.29, 0.717) is 5.89 Å². The predicted molar refractivity (Wildman–Crippen MR) is 100 cm³/mol. The summed E-state index contributed by atoms with van der Waals surface area (Å²) in [5, 5.41) is 10.1. The Morgan fingerprint density at radius 1 is 1.12 bits per heavy atom. The average Bonchev–Trinajstić information content (AvgIpc) is 3.28. The van der Waals surface area contributed by atoms with Gasteiger partial charge in [0.2, 0.25) is 11.8 Å². The van der Waals surface area contributed by atoms with E-state index in [0.717, 1.165) is 33.6 Å². The first kappa shape index (κ1) is 16.1. The number of hydrogen-bond acceptors (Lipinski definition) is 4. The lowest BCUT2D eigenvalue weighted by atomic mass is 10.1. The van der Waals surface area contributed by atoms with Gasteiger partial charge in [-0.05, 0) is 24.3 Å². The lowest BCUT2D eigenvalue weighted by molar-refractivity contribution is -0.118. The van der Waals surface area contributed by atoms with Crippen LogP contribution in [-0.2, 0) is 4.79 Å². The Labute approximate surface area is 150 Å². The van der Waals surface area contributed by atoms with E-state index >= 15 is 0 Å². The fraction of sp³-hybridized carbons (Fsp3) is 0.150. The molecule has 0 atom stereocenters. The second-order valence-corrected chi connectivity index (χ2v) is 6.36. The minimum absolute atomic E-state index is 0.00955. The van der Waals surface area contributed by atoms with Crippen LogP contribution in [0.15, 0.2) is 59.1 Å². The number of oxazole rings is 1. The van der Waals surface area contributed by atoms with Gasteiger partial charge in [-0.2, -0.15) is 5.10 Å². The van der Waals surface area contributed by atoms with Gasteiger partial charge in [-0.25, -0.2) is 4.98 Å². The third-order valence-electron chi connectivity index (χ3n) is 4.11. The van der Waals surface area contributed by atoms with Gasteiger partial charge >= 0.3 is 0 Å². The third-order valence-corrected chi connectivity index (χ3v) is 4.11. The number of carbonyl (C=O) groups is 1. The summed E-state index contributed by atoms with van der Waals surface area (Å²) in [6, 6.07) is 15.2. The van der Waals surface area contributed by atoms with Crippen molar-refractivity contribution < 1.29 is 9.21 Å². The molecule has 2 aromatic heterocycles. The Morgan fingerprint density at radius 2 is 1.88 bits per heavy atom. The zero-order valence-corrected chi connectivity index (χ0v) is 14.5. The number of fused-ring (bicyclic) bond motifs is 1. The van der Waals surface area contributed by atoms with Crippen LogP contribution in [-0.4, -0.2) is 21.1 Å². The summed E-state index contributed by atoms with van der Waals surface area (Å²) in [6.07, 6.45) is 1.77. The SMILES string of the molecule is CC(C)C(=O)Nc1ccc(-c2n[nH]cc2-c2nc3ccccc3o2)cc1. The second-order valence-electron chi connectivity index (χ2n) is 6.36. The zero-order chi connectivity index (χ0) is 18.1. The van der Waals surface area contributed by atoms with E-state index in [1.807, 2.05) is 62.4 Å². The molecule has 130 valence electrons. The molecule has 0 radical (unpaired) electrons. The van der Waals surface area contributed by atoms with E-state index in [-0.39, 0.29) is 11.8 Å². The Morgan fingerprint density at radius 3 is 2.62 bits per heavy atom. The van der Waals surface area contributed by atoms with Crippen LogP contribution in [0.4, 0.5) is 5.69 Å². The molecule has 6 heteroatoms. The molecule has 4 aromatic rings. The molecule has 2 N–H and O–H groups in total. The van der Waals surface area contributed by atoms with Crippen molar-refractivity contribution in [1.29, 1.82) is 0 Å². The number of aromatic nitrogens is 3. The summed E-state index contributed by atoms with van der Waals surface area (Å²) < 4.78 is 5.85. The molecule has 6 nitrogen and oxygen atoms in total. The monoisotopic (exact) mass is 346 g/mol. The molecular formula is C20H18N4O2. The maximum atomic E-state index is 11.8. The summed E-state index contributed by atoms with van der Waals surface area (Å²) in [4.78, 5) is 16.3. The first-order valence-corrected chi connectivity index (χ1v) is 8.43. The lowest BCUT2D eigenvalue weighted by Gasteiger charge is -2.08. The van der Waals surface area contributed by atoms with Crippen molar-refractivity contribution in [2.24, 2.45) is 5.92 Å². The van der Waals surface area contributed by atoms with Crippen LogP contribution in [0.3, 0.4) is 0 Å². The van der Waals surface area contributed by atoms with Gasteiger partial charge in [-0.3, -0.25) is 9.89 Å². The molecule has 2 heterocycles. The van der Waals surface area contributed by atoms with E-state index in [1.54, 1.807) is 6.20 Å². The number of benzene rings is 2. The molecule has 0 aliphatic carbocycles.